The Balaban J connectivity index is 1.80. The normalized spacial score (nSPS) is 26.0. The van der Waals surface area contributed by atoms with Crippen LogP contribution in [0, 0.1) is 12.8 Å². The highest BCUT2D eigenvalue weighted by atomic mass is 16.2. The lowest BCUT2D eigenvalue weighted by Gasteiger charge is -2.32. The lowest BCUT2D eigenvalue weighted by atomic mass is 9.87. The summed E-state index contributed by atoms with van der Waals surface area (Å²) in [6, 6.07) is 7.59. The summed E-state index contributed by atoms with van der Waals surface area (Å²) in [6.07, 6.45) is 2.80. The number of imide groups is 1. The number of carbonyl (C=O) groups excluding carboxylic acids is 2. The zero-order valence-corrected chi connectivity index (χ0v) is 14.8. The van der Waals surface area contributed by atoms with E-state index in [1.54, 1.807) is 0 Å². The monoisotopic (exact) mass is 329 g/mol. The Kier molecular flexibility index (Phi) is 4.63. The molecule has 0 aliphatic carbocycles. The molecule has 0 bridgehead atoms. The summed E-state index contributed by atoms with van der Waals surface area (Å²) in [6.45, 7) is 8.50. The zero-order valence-electron chi connectivity index (χ0n) is 14.8. The Morgan fingerprint density at radius 3 is 2.38 bits per heavy atom. The standard InChI is InChI=1S/C19H27N3O2/c1-4-19(16-7-5-14(2)6-8-16)17(23)22(18(24)20-19)13-21-11-9-15(3)10-12-21/h5-8,15H,4,9-13H2,1-3H3,(H,20,24)/t19-/m1/s1. The topological polar surface area (TPSA) is 52.7 Å². The quantitative estimate of drug-likeness (QED) is 0.864. The molecule has 130 valence electrons. The number of nitrogens with zero attached hydrogens (tertiary/aromatic N) is 2. The molecular formula is C19H27N3O2. The molecule has 2 saturated heterocycles. The first kappa shape index (κ1) is 17.0. The fourth-order valence-electron chi connectivity index (χ4n) is 3.64. The van der Waals surface area contributed by atoms with Crippen LogP contribution in [0.4, 0.5) is 4.79 Å². The van der Waals surface area contributed by atoms with E-state index in [-0.39, 0.29) is 11.9 Å². The molecular weight excluding hydrogens is 302 g/mol. The van der Waals surface area contributed by atoms with Gasteiger partial charge in [0.05, 0.1) is 6.67 Å². The smallest absolute Gasteiger partial charge is 0.319 e. The van der Waals surface area contributed by atoms with E-state index >= 15 is 0 Å². The Morgan fingerprint density at radius 2 is 1.79 bits per heavy atom. The molecule has 0 radical (unpaired) electrons. The van der Waals surface area contributed by atoms with Gasteiger partial charge in [0, 0.05) is 13.1 Å². The summed E-state index contributed by atoms with van der Waals surface area (Å²) < 4.78 is 0. The summed E-state index contributed by atoms with van der Waals surface area (Å²) in [5.41, 5.74) is 1.08. The number of benzene rings is 1. The molecule has 5 heteroatoms. The minimum absolute atomic E-state index is 0.127. The maximum Gasteiger partial charge on any atom is 0.326 e. The van der Waals surface area contributed by atoms with Crippen LogP contribution in [-0.2, 0) is 10.3 Å². The summed E-state index contributed by atoms with van der Waals surface area (Å²) in [4.78, 5) is 29.2. The molecule has 3 rings (SSSR count). The largest absolute Gasteiger partial charge is 0.326 e. The number of piperidine rings is 1. The predicted octanol–water partition coefficient (Wildman–Crippen LogP) is 2.84. The molecule has 1 N–H and O–H groups in total. The molecule has 0 unspecified atom stereocenters. The summed E-state index contributed by atoms with van der Waals surface area (Å²) in [7, 11) is 0. The second-order valence-electron chi connectivity index (χ2n) is 7.23. The lowest BCUT2D eigenvalue weighted by molar-refractivity contribution is -0.133. The van der Waals surface area contributed by atoms with Crippen LogP contribution in [0.25, 0.3) is 0 Å². The second-order valence-corrected chi connectivity index (χ2v) is 7.23. The molecule has 0 aromatic heterocycles. The van der Waals surface area contributed by atoms with Gasteiger partial charge in [-0.1, -0.05) is 43.7 Å². The van der Waals surface area contributed by atoms with Crippen molar-refractivity contribution in [3.05, 3.63) is 35.4 Å². The average molecular weight is 329 g/mol. The molecule has 2 aliphatic heterocycles. The van der Waals surface area contributed by atoms with Crippen LogP contribution < -0.4 is 5.32 Å². The van der Waals surface area contributed by atoms with E-state index in [1.807, 2.05) is 38.1 Å². The Bertz CT molecular complexity index is 620. The minimum Gasteiger partial charge on any atom is -0.319 e. The number of rotatable bonds is 4. The van der Waals surface area contributed by atoms with Crippen LogP contribution in [0.1, 0.15) is 44.2 Å². The van der Waals surface area contributed by atoms with Gasteiger partial charge >= 0.3 is 6.03 Å². The van der Waals surface area contributed by atoms with Crippen LogP contribution in [0.5, 0.6) is 0 Å². The molecule has 5 nitrogen and oxygen atoms in total. The average Bonchev–Trinajstić information content (AvgIpc) is 2.82. The minimum atomic E-state index is -0.923. The Morgan fingerprint density at radius 1 is 1.17 bits per heavy atom. The third kappa shape index (κ3) is 2.93. The number of nitrogens with one attached hydrogen (secondary N) is 1. The third-order valence-electron chi connectivity index (χ3n) is 5.47. The molecule has 3 amide bonds. The predicted molar refractivity (Wildman–Crippen MR) is 93.4 cm³/mol. The molecule has 2 heterocycles. The molecule has 24 heavy (non-hydrogen) atoms. The van der Waals surface area contributed by atoms with Crippen molar-refractivity contribution in [2.75, 3.05) is 19.8 Å². The van der Waals surface area contributed by atoms with Crippen LogP contribution in [0.2, 0.25) is 0 Å². The van der Waals surface area contributed by atoms with E-state index in [4.69, 9.17) is 0 Å². The van der Waals surface area contributed by atoms with E-state index in [1.165, 1.54) is 4.90 Å². The van der Waals surface area contributed by atoms with Gasteiger partial charge in [0.2, 0.25) is 0 Å². The highest BCUT2D eigenvalue weighted by Gasteiger charge is 2.51. The summed E-state index contributed by atoms with van der Waals surface area (Å²) in [5.74, 6) is 0.601. The van der Waals surface area contributed by atoms with Crippen molar-refractivity contribution in [3.63, 3.8) is 0 Å². The fourth-order valence-corrected chi connectivity index (χ4v) is 3.64. The number of carbonyl (C=O) groups is 2. The van der Waals surface area contributed by atoms with Gasteiger partial charge in [-0.15, -0.1) is 0 Å². The van der Waals surface area contributed by atoms with E-state index in [0.29, 0.717) is 13.1 Å². The maximum absolute atomic E-state index is 13.1. The van der Waals surface area contributed by atoms with Crippen molar-refractivity contribution in [2.24, 2.45) is 5.92 Å². The van der Waals surface area contributed by atoms with Crippen molar-refractivity contribution >= 4 is 11.9 Å². The molecule has 2 aliphatic rings. The van der Waals surface area contributed by atoms with Crippen LogP contribution in [0.15, 0.2) is 24.3 Å². The summed E-state index contributed by atoms with van der Waals surface area (Å²) >= 11 is 0. The van der Waals surface area contributed by atoms with Gasteiger partial charge in [-0.05, 0) is 37.7 Å². The fraction of sp³-hybridized carbons (Fsp3) is 0.579. The van der Waals surface area contributed by atoms with Crippen molar-refractivity contribution in [1.29, 1.82) is 0 Å². The molecule has 1 aromatic rings. The lowest BCUT2D eigenvalue weighted by Crippen LogP contribution is -2.46. The van der Waals surface area contributed by atoms with E-state index in [9.17, 15) is 9.59 Å². The van der Waals surface area contributed by atoms with Gasteiger partial charge < -0.3 is 5.32 Å². The van der Waals surface area contributed by atoms with Gasteiger partial charge in [-0.2, -0.15) is 0 Å². The van der Waals surface area contributed by atoms with Gasteiger partial charge in [-0.25, -0.2) is 9.69 Å². The number of urea groups is 1. The second kappa shape index (κ2) is 6.55. The summed E-state index contributed by atoms with van der Waals surface area (Å²) in [5, 5.41) is 2.96. The van der Waals surface area contributed by atoms with Gasteiger partial charge in [0.1, 0.15) is 5.54 Å². The van der Waals surface area contributed by atoms with Gasteiger partial charge in [-0.3, -0.25) is 9.69 Å². The van der Waals surface area contributed by atoms with Crippen molar-refractivity contribution in [1.82, 2.24) is 15.1 Å². The number of aryl methyl sites for hydroxylation is 1. The Labute approximate surface area is 144 Å². The van der Waals surface area contributed by atoms with Gasteiger partial charge in [0.25, 0.3) is 5.91 Å². The number of amides is 3. The number of hydrogen-bond acceptors (Lipinski definition) is 3. The first-order valence-electron chi connectivity index (χ1n) is 8.90. The van der Waals surface area contributed by atoms with Crippen molar-refractivity contribution in [3.8, 4) is 0 Å². The SMILES string of the molecule is CC[C@]1(c2ccc(C)cc2)NC(=O)N(CN2CCC(C)CC2)C1=O. The molecule has 1 aromatic carbocycles. The first-order chi connectivity index (χ1) is 11.5. The van der Waals surface area contributed by atoms with Crippen LogP contribution >= 0.6 is 0 Å². The van der Waals surface area contributed by atoms with E-state index in [0.717, 1.165) is 43.0 Å². The van der Waals surface area contributed by atoms with Crippen LogP contribution in [-0.4, -0.2) is 41.5 Å². The zero-order chi connectivity index (χ0) is 17.3. The Hall–Kier alpha value is -1.88. The number of hydrogen-bond donors (Lipinski definition) is 1. The third-order valence-corrected chi connectivity index (χ3v) is 5.47. The first-order valence-corrected chi connectivity index (χ1v) is 8.90. The van der Waals surface area contributed by atoms with E-state index < -0.39 is 5.54 Å². The van der Waals surface area contributed by atoms with Crippen molar-refractivity contribution < 1.29 is 9.59 Å². The highest BCUT2D eigenvalue weighted by Crippen LogP contribution is 2.33. The maximum atomic E-state index is 13.1. The van der Waals surface area contributed by atoms with Gasteiger partial charge in [0.15, 0.2) is 0 Å². The molecule has 0 spiro atoms. The van der Waals surface area contributed by atoms with Crippen LogP contribution in [0.3, 0.4) is 0 Å². The highest BCUT2D eigenvalue weighted by molar-refractivity contribution is 6.07. The molecule has 2 fully saturated rings. The molecule has 1 atom stereocenters. The van der Waals surface area contributed by atoms with E-state index in [2.05, 4.69) is 17.1 Å². The molecule has 0 saturated carbocycles. The van der Waals surface area contributed by atoms with Crippen molar-refractivity contribution in [2.45, 2.75) is 45.6 Å². The number of likely N-dealkylation sites (tertiary alicyclic amines) is 1.